The van der Waals surface area contributed by atoms with Crippen LogP contribution < -0.4 is 0 Å². The molecule has 1 heterocycles. The minimum absolute atomic E-state index is 0.203. The van der Waals surface area contributed by atoms with Crippen LogP contribution >= 0.6 is 0 Å². The Morgan fingerprint density at radius 1 is 1.17 bits per heavy atom. The highest BCUT2D eigenvalue weighted by molar-refractivity contribution is 6.84. The fourth-order valence-corrected chi connectivity index (χ4v) is 6.30. The Balaban J connectivity index is 2.58. The van der Waals surface area contributed by atoms with E-state index in [0.717, 1.165) is 6.61 Å². The molecule has 1 atom stereocenters. The van der Waals surface area contributed by atoms with Gasteiger partial charge in [-0.2, -0.15) is 0 Å². The molecule has 2 heteroatoms. The zero-order valence-corrected chi connectivity index (χ0v) is 14.1. The molecule has 0 aromatic heterocycles. The normalized spacial score (nSPS) is 28.5. The Bertz CT molecular complexity index is 415. The van der Waals surface area contributed by atoms with E-state index in [0.29, 0.717) is 6.10 Å². The average molecular weight is 264 g/mol. The van der Waals surface area contributed by atoms with Crippen LogP contribution in [0.1, 0.15) is 40.5 Å². The van der Waals surface area contributed by atoms with Crippen LogP contribution in [0.3, 0.4) is 0 Å². The van der Waals surface area contributed by atoms with Gasteiger partial charge in [-0.3, -0.25) is 0 Å². The van der Waals surface area contributed by atoms with Gasteiger partial charge < -0.3 is 4.74 Å². The van der Waals surface area contributed by atoms with Crippen molar-refractivity contribution in [2.45, 2.75) is 66.3 Å². The Morgan fingerprint density at radius 3 is 2.22 bits per heavy atom. The quantitative estimate of drug-likeness (QED) is 0.656. The highest BCUT2D eigenvalue weighted by Crippen LogP contribution is 2.52. The highest BCUT2D eigenvalue weighted by Gasteiger charge is 2.44. The molecule has 0 spiro atoms. The van der Waals surface area contributed by atoms with E-state index in [1.165, 1.54) is 12.8 Å². The van der Waals surface area contributed by atoms with Crippen molar-refractivity contribution in [3.05, 3.63) is 21.9 Å². The molecule has 0 aromatic carbocycles. The molecule has 0 bridgehead atoms. The van der Waals surface area contributed by atoms with Gasteiger partial charge in [0.1, 0.15) is 0 Å². The molecule has 1 aliphatic heterocycles. The molecule has 1 saturated heterocycles. The maximum absolute atomic E-state index is 6.03. The molecule has 0 radical (unpaired) electrons. The maximum Gasteiger partial charge on any atom is 0.0796 e. The van der Waals surface area contributed by atoms with Crippen LogP contribution in [0.15, 0.2) is 21.9 Å². The van der Waals surface area contributed by atoms with Gasteiger partial charge in [0.05, 0.1) is 14.2 Å². The summed E-state index contributed by atoms with van der Waals surface area (Å²) in [5, 5.41) is 1.69. The predicted octanol–water partition coefficient (Wildman–Crippen LogP) is 4.72. The van der Waals surface area contributed by atoms with Gasteiger partial charge in [0.15, 0.2) is 0 Å². The van der Waals surface area contributed by atoms with Gasteiger partial charge in [-0.1, -0.05) is 49.8 Å². The van der Waals surface area contributed by atoms with Gasteiger partial charge in [0, 0.05) is 12.0 Å². The standard InChI is InChI=1S/C16H28OSi/c1-11-12(2)16(3,4)14(13-9-8-10-17-13)15(11)18(5,6)7/h13H,8-10H2,1-7H3. The summed E-state index contributed by atoms with van der Waals surface area (Å²) in [7, 11) is -1.31. The van der Waals surface area contributed by atoms with Crippen molar-refractivity contribution in [1.82, 2.24) is 0 Å². The van der Waals surface area contributed by atoms with Gasteiger partial charge in [-0.25, -0.2) is 0 Å². The predicted molar refractivity (Wildman–Crippen MR) is 81.5 cm³/mol. The van der Waals surface area contributed by atoms with Crippen LogP contribution in [0.2, 0.25) is 19.6 Å². The van der Waals surface area contributed by atoms with Crippen molar-refractivity contribution in [2.24, 2.45) is 5.41 Å². The van der Waals surface area contributed by atoms with Gasteiger partial charge in [-0.05, 0) is 32.3 Å². The smallest absolute Gasteiger partial charge is 0.0796 e. The molecular weight excluding hydrogens is 236 g/mol. The number of allylic oxidation sites excluding steroid dienone is 3. The summed E-state index contributed by atoms with van der Waals surface area (Å²) < 4.78 is 6.03. The van der Waals surface area contributed by atoms with Crippen LogP contribution in [0.4, 0.5) is 0 Å². The van der Waals surface area contributed by atoms with Crippen molar-refractivity contribution >= 4 is 8.07 Å². The second-order valence-corrected chi connectivity index (χ2v) is 12.4. The zero-order chi connectivity index (χ0) is 13.7. The summed E-state index contributed by atoms with van der Waals surface area (Å²) in [5.41, 5.74) is 4.94. The lowest BCUT2D eigenvalue weighted by Gasteiger charge is -2.32. The minimum Gasteiger partial charge on any atom is -0.374 e. The van der Waals surface area contributed by atoms with Crippen molar-refractivity contribution in [1.29, 1.82) is 0 Å². The number of hydrogen-bond donors (Lipinski definition) is 0. The van der Waals surface area contributed by atoms with Crippen LogP contribution in [0, 0.1) is 5.41 Å². The lowest BCUT2D eigenvalue weighted by molar-refractivity contribution is 0.124. The Hall–Kier alpha value is -0.343. The molecule has 18 heavy (non-hydrogen) atoms. The number of hydrogen-bond acceptors (Lipinski definition) is 1. The van der Waals surface area contributed by atoms with E-state index in [9.17, 15) is 0 Å². The molecule has 102 valence electrons. The molecule has 1 aliphatic carbocycles. The second-order valence-electron chi connectivity index (χ2n) is 7.42. The summed E-state index contributed by atoms with van der Waals surface area (Å²) >= 11 is 0. The Kier molecular flexibility index (Phi) is 3.40. The molecule has 1 nitrogen and oxygen atoms in total. The van der Waals surface area contributed by atoms with Gasteiger partial charge in [0.25, 0.3) is 0 Å². The first kappa shape index (κ1) is 14.1. The monoisotopic (exact) mass is 264 g/mol. The van der Waals surface area contributed by atoms with Gasteiger partial charge in [-0.15, -0.1) is 0 Å². The SMILES string of the molecule is CC1=C(C)C(C)(C)C(C2CCCO2)=C1[Si](C)(C)C. The van der Waals surface area contributed by atoms with Crippen LogP contribution in [-0.4, -0.2) is 20.8 Å². The summed E-state index contributed by atoms with van der Waals surface area (Å²) in [5.74, 6) is 0. The molecule has 0 aromatic rings. The first-order valence-electron chi connectivity index (χ1n) is 7.22. The van der Waals surface area contributed by atoms with Crippen LogP contribution in [0.5, 0.6) is 0 Å². The lowest BCUT2D eigenvalue weighted by Crippen LogP contribution is -2.31. The van der Waals surface area contributed by atoms with Crippen molar-refractivity contribution < 1.29 is 4.74 Å². The molecule has 0 saturated carbocycles. The van der Waals surface area contributed by atoms with Crippen molar-refractivity contribution in [3.8, 4) is 0 Å². The summed E-state index contributed by atoms with van der Waals surface area (Å²) in [6.07, 6.45) is 2.82. The topological polar surface area (TPSA) is 9.23 Å². The first-order chi connectivity index (χ1) is 8.17. The largest absolute Gasteiger partial charge is 0.374 e. The molecule has 0 N–H and O–H groups in total. The van der Waals surface area contributed by atoms with E-state index in [4.69, 9.17) is 4.74 Å². The molecule has 1 unspecified atom stereocenters. The van der Waals surface area contributed by atoms with Crippen LogP contribution in [-0.2, 0) is 4.74 Å². The lowest BCUT2D eigenvalue weighted by atomic mass is 9.78. The van der Waals surface area contributed by atoms with Gasteiger partial charge in [0.2, 0.25) is 0 Å². The summed E-state index contributed by atoms with van der Waals surface area (Å²) in [4.78, 5) is 0. The average Bonchev–Trinajstić information content (AvgIpc) is 2.79. The molecular formula is C16H28OSi. The number of ether oxygens (including phenoxy) is 1. The third-order valence-corrected chi connectivity index (χ3v) is 6.96. The van der Waals surface area contributed by atoms with E-state index < -0.39 is 8.07 Å². The van der Waals surface area contributed by atoms with Crippen molar-refractivity contribution in [3.63, 3.8) is 0 Å². The minimum atomic E-state index is -1.31. The van der Waals surface area contributed by atoms with E-state index >= 15 is 0 Å². The molecule has 2 aliphatic rings. The molecule has 1 fully saturated rings. The number of rotatable bonds is 2. The Morgan fingerprint density at radius 2 is 1.78 bits per heavy atom. The fourth-order valence-electron chi connectivity index (χ4n) is 3.71. The van der Waals surface area contributed by atoms with Gasteiger partial charge >= 0.3 is 0 Å². The second kappa shape index (κ2) is 4.34. The third kappa shape index (κ3) is 2.03. The Labute approximate surface area is 113 Å². The highest BCUT2D eigenvalue weighted by atomic mass is 28.3. The molecule has 2 rings (SSSR count). The zero-order valence-electron chi connectivity index (χ0n) is 13.1. The fraction of sp³-hybridized carbons (Fsp3) is 0.750. The van der Waals surface area contributed by atoms with Crippen LogP contribution in [0.25, 0.3) is 0 Å². The van der Waals surface area contributed by atoms with E-state index in [2.05, 4.69) is 47.3 Å². The maximum atomic E-state index is 6.03. The summed E-state index contributed by atoms with van der Waals surface area (Å²) in [6.45, 7) is 17.8. The third-order valence-electron chi connectivity index (χ3n) is 4.82. The summed E-state index contributed by atoms with van der Waals surface area (Å²) in [6, 6.07) is 0. The van der Waals surface area contributed by atoms with E-state index in [-0.39, 0.29) is 5.41 Å². The van der Waals surface area contributed by atoms with E-state index in [1.54, 1.807) is 21.9 Å². The van der Waals surface area contributed by atoms with Crippen molar-refractivity contribution in [2.75, 3.05) is 6.61 Å². The molecule has 0 amide bonds. The first-order valence-corrected chi connectivity index (χ1v) is 10.7. The van der Waals surface area contributed by atoms with E-state index in [1.807, 2.05) is 0 Å².